The van der Waals surface area contributed by atoms with Crippen molar-refractivity contribution in [2.75, 3.05) is 38.2 Å². The van der Waals surface area contributed by atoms with Crippen LogP contribution in [0.5, 0.6) is 5.75 Å². The Morgan fingerprint density at radius 1 is 1.22 bits per heavy atom. The Hall–Kier alpha value is -1.68. The number of piperazine rings is 1. The van der Waals surface area contributed by atoms with Gasteiger partial charge >= 0.3 is 0 Å². The second kappa shape index (κ2) is 4.53. The first-order valence-electron chi connectivity index (χ1n) is 6.38. The van der Waals surface area contributed by atoms with Gasteiger partial charge < -0.3 is 19.5 Å². The third-order valence-corrected chi connectivity index (χ3v) is 3.65. The number of methoxy groups -OCH3 is 1. The molecule has 0 atom stereocenters. The zero-order chi connectivity index (χ0) is 12.5. The number of aryl methyl sites for hydroxylation is 1. The van der Waals surface area contributed by atoms with Crippen molar-refractivity contribution in [1.82, 2.24) is 9.88 Å². The lowest BCUT2D eigenvalue weighted by Gasteiger charge is -2.29. The summed E-state index contributed by atoms with van der Waals surface area (Å²) in [6, 6.07) is 6.51. The highest BCUT2D eigenvalue weighted by atomic mass is 16.5. The minimum atomic E-state index is 0.960. The smallest absolute Gasteiger partial charge is 0.130 e. The third kappa shape index (κ3) is 1.82. The van der Waals surface area contributed by atoms with Gasteiger partial charge in [0.2, 0.25) is 0 Å². The first-order chi connectivity index (χ1) is 8.79. The largest absolute Gasteiger partial charge is 0.496 e. The number of hydrogen-bond donors (Lipinski definition) is 1. The van der Waals surface area contributed by atoms with Gasteiger partial charge in [0.05, 0.1) is 12.6 Å². The number of ether oxygens (including phenoxy) is 1. The monoisotopic (exact) mass is 245 g/mol. The number of aromatic nitrogens is 1. The van der Waals surface area contributed by atoms with E-state index < -0.39 is 0 Å². The molecule has 2 aromatic rings. The van der Waals surface area contributed by atoms with E-state index in [-0.39, 0.29) is 0 Å². The molecule has 0 aliphatic carbocycles. The molecule has 18 heavy (non-hydrogen) atoms. The predicted molar refractivity (Wildman–Crippen MR) is 74.6 cm³/mol. The maximum absolute atomic E-state index is 5.52. The van der Waals surface area contributed by atoms with Gasteiger partial charge in [0, 0.05) is 56.6 Å². The molecular weight excluding hydrogens is 226 g/mol. The van der Waals surface area contributed by atoms with Crippen LogP contribution in [0.2, 0.25) is 0 Å². The number of hydrogen-bond acceptors (Lipinski definition) is 3. The van der Waals surface area contributed by atoms with Crippen LogP contribution in [0.15, 0.2) is 24.4 Å². The molecule has 1 aliphatic rings. The standard InChI is InChI=1S/C14H19N3O/c1-16-6-3-12-13(16)9-11(10-14(12)18-2)17-7-4-15-5-8-17/h3,6,9-10,15H,4-5,7-8H2,1-2H3. The molecule has 2 heterocycles. The fourth-order valence-electron chi connectivity index (χ4n) is 2.60. The second-order valence-electron chi connectivity index (χ2n) is 4.74. The van der Waals surface area contributed by atoms with Crippen LogP contribution >= 0.6 is 0 Å². The molecule has 1 aliphatic heterocycles. The van der Waals surface area contributed by atoms with Crippen molar-refractivity contribution in [2.24, 2.45) is 7.05 Å². The summed E-state index contributed by atoms with van der Waals surface area (Å²) in [6.45, 7) is 4.21. The van der Waals surface area contributed by atoms with Gasteiger partial charge in [-0.1, -0.05) is 0 Å². The lowest BCUT2D eigenvalue weighted by atomic mass is 10.2. The Bertz CT molecular complexity index is 555. The zero-order valence-electron chi connectivity index (χ0n) is 10.9. The molecule has 1 N–H and O–H groups in total. The van der Waals surface area contributed by atoms with E-state index in [2.05, 4.69) is 46.2 Å². The maximum Gasteiger partial charge on any atom is 0.130 e. The Morgan fingerprint density at radius 2 is 2.00 bits per heavy atom. The van der Waals surface area contributed by atoms with Gasteiger partial charge in [-0.15, -0.1) is 0 Å². The summed E-state index contributed by atoms with van der Waals surface area (Å²) in [7, 11) is 3.81. The average molecular weight is 245 g/mol. The first kappa shape index (κ1) is 11.4. The van der Waals surface area contributed by atoms with Crippen molar-refractivity contribution in [1.29, 1.82) is 0 Å². The minimum absolute atomic E-state index is 0.960. The van der Waals surface area contributed by atoms with Crippen molar-refractivity contribution in [3.63, 3.8) is 0 Å². The van der Waals surface area contributed by atoms with Gasteiger partial charge in [0.15, 0.2) is 0 Å². The SMILES string of the molecule is COc1cc(N2CCNCC2)cc2c1ccn2C. The van der Waals surface area contributed by atoms with Crippen molar-refractivity contribution in [3.05, 3.63) is 24.4 Å². The number of nitrogens with one attached hydrogen (secondary N) is 1. The van der Waals surface area contributed by atoms with E-state index in [1.165, 1.54) is 16.6 Å². The molecule has 1 aromatic heterocycles. The number of benzene rings is 1. The average Bonchev–Trinajstić information content (AvgIpc) is 2.81. The van der Waals surface area contributed by atoms with Crippen LogP contribution in [0, 0.1) is 0 Å². The minimum Gasteiger partial charge on any atom is -0.496 e. The Morgan fingerprint density at radius 3 is 2.72 bits per heavy atom. The van der Waals surface area contributed by atoms with E-state index in [0.29, 0.717) is 0 Å². The fourth-order valence-corrected chi connectivity index (χ4v) is 2.60. The molecule has 4 heteroatoms. The molecule has 0 amide bonds. The summed E-state index contributed by atoms with van der Waals surface area (Å²) < 4.78 is 7.66. The molecule has 0 saturated carbocycles. The van der Waals surface area contributed by atoms with Gasteiger partial charge in [-0.05, 0) is 12.1 Å². The van der Waals surface area contributed by atoms with Crippen LogP contribution in [0.1, 0.15) is 0 Å². The lowest BCUT2D eigenvalue weighted by molar-refractivity contribution is 0.419. The van der Waals surface area contributed by atoms with Crippen LogP contribution in [0.25, 0.3) is 10.9 Å². The quantitative estimate of drug-likeness (QED) is 0.871. The molecule has 1 fully saturated rings. The summed E-state index contributed by atoms with van der Waals surface area (Å²) in [5.74, 6) is 0.960. The van der Waals surface area contributed by atoms with Crippen LogP contribution < -0.4 is 15.0 Å². The molecule has 1 saturated heterocycles. The van der Waals surface area contributed by atoms with E-state index in [1.54, 1.807) is 7.11 Å². The molecule has 0 spiro atoms. The maximum atomic E-state index is 5.52. The van der Waals surface area contributed by atoms with Crippen LogP contribution in [0.4, 0.5) is 5.69 Å². The number of rotatable bonds is 2. The summed E-state index contributed by atoms with van der Waals surface area (Å²) in [5, 5.41) is 4.56. The summed E-state index contributed by atoms with van der Waals surface area (Å²) >= 11 is 0. The Labute approximate surface area is 107 Å². The van der Waals surface area contributed by atoms with Crippen molar-refractivity contribution in [2.45, 2.75) is 0 Å². The van der Waals surface area contributed by atoms with Gasteiger partial charge in [-0.2, -0.15) is 0 Å². The van der Waals surface area contributed by atoms with Crippen LogP contribution in [-0.2, 0) is 7.05 Å². The van der Waals surface area contributed by atoms with E-state index in [9.17, 15) is 0 Å². The summed E-state index contributed by atoms with van der Waals surface area (Å²) in [4.78, 5) is 2.41. The molecular formula is C14H19N3O. The summed E-state index contributed by atoms with van der Waals surface area (Å²) in [5.41, 5.74) is 2.48. The number of nitrogens with zero attached hydrogens (tertiary/aromatic N) is 2. The zero-order valence-corrected chi connectivity index (χ0v) is 10.9. The molecule has 4 nitrogen and oxygen atoms in total. The fraction of sp³-hybridized carbons (Fsp3) is 0.429. The van der Waals surface area contributed by atoms with Crippen molar-refractivity contribution in [3.8, 4) is 5.75 Å². The van der Waals surface area contributed by atoms with Gasteiger partial charge in [0.1, 0.15) is 5.75 Å². The van der Waals surface area contributed by atoms with Gasteiger partial charge in [0.25, 0.3) is 0 Å². The molecule has 3 rings (SSSR count). The van der Waals surface area contributed by atoms with Gasteiger partial charge in [-0.25, -0.2) is 0 Å². The normalized spacial score (nSPS) is 16.2. The van der Waals surface area contributed by atoms with E-state index in [0.717, 1.165) is 31.9 Å². The molecule has 0 unspecified atom stereocenters. The number of anilines is 1. The van der Waals surface area contributed by atoms with E-state index >= 15 is 0 Å². The lowest BCUT2D eigenvalue weighted by Crippen LogP contribution is -2.43. The highest BCUT2D eigenvalue weighted by Crippen LogP contribution is 2.32. The molecule has 0 radical (unpaired) electrons. The highest BCUT2D eigenvalue weighted by Gasteiger charge is 2.14. The topological polar surface area (TPSA) is 29.4 Å². The van der Waals surface area contributed by atoms with Crippen LogP contribution in [0.3, 0.4) is 0 Å². The molecule has 96 valence electrons. The third-order valence-electron chi connectivity index (χ3n) is 3.65. The van der Waals surface area contributed by atoms with Crippen LogP contribution in [-0.4, -0.2) is 37.9 Å². The van der Waals surface area contributed by atoms with Gasteiger partial charge in [-0.3, -0.25) is 0 Å². The number of fused-ring (bicyclic) bond motifs is 1. The highest BCUT2D eigenvalue weighted by molar-refractivity contribution is 5.90. The van der Waals surface area contributed by atoms with E-state index in [1.807, 2.05) is 0 Å². The van der Waals surface area contributed by atoms with Crippen molar-refractivity contribution >= 4 is 16.6 Å². The predicted octanol–water partition coefficient (Wildman–Crippen LogP) is 1.60. The molecule has 1 aromatic carbocycles. The van der Waals surface area contributed by atoms with E-state index in [4.69, 9.17) is 4.74 Å². The molecule has 0 bridgehead atoms. The summed E-state index contributed by atoms with van der Waals surface area (Å²) in [6.07, 6.45) is 2.08. The Kier molecular flexibility index (Phi) is 2.88. The first-order valence-corrected chi connectivity index (χ1v) is 6.38. The Balaban J connectivity index is 2.08. The van der Waals surface area contributed by atoms with Crippen molar-refractivity contribution < 1.29 is 4.74 Å². The second-order valence-corrected chi connectivity index (χ2v) is 4.74.